The predicted molar refractivity (Wildman–Crippen MR) is 61.5 cm³/mol. The number of likely N-dealkylation sites (N-methyl/N-ethyl adjacent to an activating group) is 2. The van der Waals surface area contributed by atoms with Crippen molar-refractivity contribution in [2.24, 2.45) is 0 Å². The lowest BCUT2D eigenvalue weighted by Gasteiger charge is -2.17. The van der Waals surface area contributed by atoms with Crippen molar-refractivity contribution in [3.63, 3.8) is 0 Å². The van der Waals surface area contributed by atoms with E-state index in [-0.39, 0.29) is 0 Å². The maximum atomic E-state index is 3.47. The second-order valence-corrected chi connectivity index (χ2v) is 3.50. The third-order valence-electron chi connectivity index (χ3n) is 2.27. The first-order valence-corrected chi connectivity index (χ1v) is 5.28. The summed E-state index contributed by atoms with van der Waals surface area (Å²) in [6.07, 6.45) is 1.09. The number of nitrogens with one attached hydrogen (secondary N) is 2. The molecule has 14 heavy (non-hydrogen) atoms. The number of hydrogen-bond acceptors (Lipinski definition) is 2. The molecule has 0 bridgehead atoms. The lowest BCUT2D eigenvalue weighted by Crippen LogP contribution is -2.38. The van der Waals surface area contributed by atoms with Crippen molar-refractivity contribution in [2.75, 3.05) is 20.1 Å². The Hall–Kier alpha value is -0.860. The minimum Gasteiger partial charge on any atom is -0.318 e. The fourth-order valence-electron chi connectivity index (χ4n) is 1.65. The number of hydrogen-bond donors (Lipinski definition) is 2. The van der Waals surface area contributed by atoms with E-state index in [2.05, 4.69) is 47.9 Å². The highest BCUT2D eigenvalue weighted by molar-refractivity contribution is 5.15. The molecule has 1 atom stereocenters. The molecule has 2 nitrogen and oxygen atoms in total. The average Bonchev–Trinajstić information content (AvgIpc) is 2.20. The van der Waals surface area contributed by atoms with Gasteiger partial charge in [-0.25, -0.2) is 0 Å². The standard InChI is InChI=1S/C12H20N2/c1-3-14-12(10-13-2)9-11-7-5-4-6-8-11/h4-8,12-14H,3,9-10H2,1-2H3/t12-/m0/s1. The van der Waals surface area contributed by atoms with E-state index in [1.807, 2.05) is 7.05 Å². The van der Waals surface area contributed by atoms with Gasteiger partial charge in [0, 0.05) is 12.6 Å². The first-order chi connectivity index (χ1) is 6.86. The van der Waals surface area contributed by atoms with E-state index >= 15 is 0 Å². The van der Waals surface area contributed by atoms with Gasteiger partial charge >= 0.3 is 0 Å². The summed E-state index contributed by atoms with van der Waals surface area (Å²) in [7, 11) is 2.00. The summed E-state index contributed by atoms with van der Waals surface area (Å²) >= 11 is 0. The van der Waals surface area contributed by atoms with Crippen molar-refractivity contribution in [1.29, 1.82) is 0 Å². The SMILES string of the molecule is CCN[C@H](CNC)Cc1ccccc1. The molecule has 1 rings (SSSR count). The Morgan fingerprint density at radius 3 is 2.50 bits per heavy atom. The van der Waals surface area contributed by atoms with Crippen molar-refractivity contribution in [3.05, 3.63) is 35.9 Å². The van der Waals surface area contributed by atoms with Gasteiger partial charge in [0.25, 0.3) is 0 Å². The van der Waals surface area contributed by atoms with E-state index in [1.165, 1.54) is 5.56 Å². The molecule has 0 unspecified atom stereocenters. The third kappa shape index (κ3) is 3.90. The van der Waals surface area contributed by atoms with Crippen LogP contribution >= 0.6 is 0 Å². The molecule has 0 aliphatic rings. The van der Waals surface area contributed by atoms with Crippen molar-refractivity contribution >= 4 is 0 Å². The molecule has 0 radical (unpaired) electrons. The van der Waals surface area contributed by atoms with Crippen molar-refractivity contribution in [2.45, 2.75) is 19.4 Å². The summed E-state index contributed by atoms with van der Waals surface area (Å²) < 4.78 is 0. The zero-order valence-corrected chi connectivity index (χ0v) is 9.09. The summed E-state index contributed by atoms with van der Waals surface area (Å²) in [5, 5.41) is 6.68. The topological polar surface area (TPSA) is 24.1 Å². The van der Waals surface area contributed by atoms with Gasteiger partial charge in [-0.15, -0.1) is 0 Å². The molecule has 78 valence electrons. The van der Waals surface area contributed by atoms with Gasteiger partial charge in [-0.3, -0.25) is 0 Å². The molecular weight excluding hydrogens is 172 g/mol. The highest BCUT2D eigenvalue weighted by Crippen LogP contribution is 2.02. The minimum absolute atomic E-state index is 0.535. The van der Waals surface area contributed by atoms with E-state index in [9.17, 15) is 0 Å². The summed E-state index contributed by atoms with van der Waals surface area (Å²) in [5.74, 6) is 0. The molecule has 2 N–H and O–H groups in total. The normalized spacial score (nSPS) is 12.7. The third-order valence-corrected chi connectivity index (χ3v) is 2.27. The molecule has 0 aromatic heterocycles. The van der Waals surface area contributed by atoms with E-state index in [1.54, 1.807) is 0 Å². The number of rotatable bonds is 6. The zero-order valence-electron chi connectivity index (χ0n) is 9.09. The summed E-state index contributed by atoms with van der Waals surface area (Å²) in [4.78, 5) is 0. The molecule has 0 spiro atoms. The van der Waals surface area contributed by atoms with Crippen LogP contribution in [-0.4, -0.2) is 26.2 Å². The zero-order chi connectivity index (χ0) is 10.2. The Bertz CT molecular complexity index is 227. The lowest BCUT2D eigenvalue weighted by molar-refractivity contribution is 0.501. The van der Waals surface area contributed by atoms with E-state index in [4.69, 9.17) is 0 Å². The molecule has 0 heterocycles. The lowest BCUT2D eigenvalue weighted by atomic mass is 10.1. The van der Waals surface area contributed by atoms with Crippen LogP contribution in [-0.2, 0) is 6.42 Å². The van der Waals surface area contributed by atoms with Crippen LogP contribution in [0.25, 0.3) is 0 Å². The van der Waals surface area contributed by atoms with Crippen molar-refractivity contribution < 1.29 is 0 Å². The summed E-state index contributed by atoms with van der Waals surface area (Å²) in [5.41, 5.74) is 1.40. The maximum absolute atomic E-state index is 3.47. The molecule has 1 aromatic carbocycles. The van der Waals surface area contributed by atoms with Crippen LogP contribution in [0.15, 0.2) is 30.3 Å². The van der Waals surface area contributed by atoms with E-state index < -0.39 is 0 Å². The monoisotopic (exact) mass is 192 g/mol. The largest absolute Gasteiger partial charge is 0.318 e. The van der Waals surface area contributed by atoms with E-state index in [0.717, 1.165) is 19.5 Å². The van der Waals surface area contributed by atoms with Gasteiger partial charge in [0.15, 0.2) is 0 Å². The van der Waals surface area contributed by atoms with Gasteiger partial charge in [0.05, 0.1) is 0 Å². The average molecular weight is 192 g/mol. The van der Waals surface area contributed by atoms with Crippen LogP contribution in [0.5, 0.6) is 0 Å². The summed E-state index contributed by atoms with van der Waals surface area (Å²) in [6.45, 7) is 4.19. The number of benzene rings is 1. The van der Waals surface area contributed by atoms with E-state index in [0.29, 0.717) is 6.04 Å². The molecule has 2 heteroatoms. The van der Waals surface area contributed by atoms with Crippen LogP contribution in [0.2, 0.25) is 0 Å². The van der Waals surface area contributed by atoms with Gasteiger partial charge in [-0.1, -0.05) is 37.3 Å². The van der Waals surface area contributed by atoms with Gasteiger partial charge in [0.1, 0.15) is 0 Å². The van der Waals surface area contributed by atoms with Crippen LogP contribution in [0.3, 0.4) is 0 Å². The highest BCUT2D eigenvalue weighted by atomic mass is 15.0. The first kappa shape index (κ1) is 11.2. The molecule has 0 amide bonds. The minimum atomic E-state index is 0.535. The second kappa shape index (κ2) is 6.57. The Labute approximate surface area is 86.7 Å². The smallest absolute Gasteiger partial charge is 0.0232 e. The van der Waals surface area contributed by atoms with Gasteiger partial charge in [-0.05, 0) is 25.6 Å². The predicted octanol–water partition coefficient (Wildman–Crippen LogP) is 1.43. The Kier molecular flexibility index (Phi) is 5.27. The second-order valence-electron chi connectivity index (χ2n) is 3.50. The van der Waals surface area contributed by atoms with Gasteiger partial charge in [0.2, 0.25) is 0 Å². The fourth-order valence-corrected chi connectivity index (χ4v) is 1.65. The Balaban J connectivity index is 2.46. The quantitative estimate of drug-likeness (QED) is 0.712. The van der Waals surface area contributed by atoms with Gasteiger partial charge in [-0.2, -0.15) is 0 Å². The van der Waals surface area contributed by atoms with Crippen molar-refractivity contribution in [1.82, 2.24) is 10.6 Å². The Morgan fingerprint density at radius 1 is 1.21 bits per heavy atom. The first-order valence-electron chi connectivity index (χ1n) is 5.28. The molecule has 0 saturated carbocycles. The van der Waals surface area contributed by atoms with Crippen molar-refractivity contribution in [3.8, 4) is 0 Å². The molecular formula is C12H20N2. The van der Waals surface area contributed by atoms with Crippen LogP contribution in [0, 0.1) is 0 Å². The Morgan fingerprint density at radius 2 is 1.93 bits per heavy atom. The fraction of sp³-hybridized carbons (Fsp3) is 0.500. The molecule has 1 aromatic rings. The highest BCUT2D eigenvalue weighted by Gasteiger charge is 2.05. The van der Waals surface area contributed by atoms with Crippen LogP contribution in [0.1, 0.15) is 12.5 Å². The maximum Gasteiger partial charge on any atom is 0.0232 e. The molecule has 0 aliphatic heterocycles. The molecule has 0 fully saturated rings. The molecule has 0 aliphatic carbocycles. The van der Waals surface area contributed by atoms with Crippen LogP contribution in [0.4, 0.5) is 0 Å². The molecule has 0 saturated heterocycles. The van der Waals surface area contributed by atoms with Crippen LogP contribution < -0.4 is 10.6 Å². The summed E-state index contributed by atoms with van der Waals surface area (Å²) in [6, 6.07) is 11.1. The van der Waals surface area contributed by atoms with Gasteiger partial charge < -0.3 is 10.6 Å².